The second-order valence-electron chi connectivity index (χ2n) is 4.98. The Morgan fingerprint density at radius 3 is 2.58 bits per heavy atom. The van der Waals surface area contributed by atoms with Gasteiger partial charge in [0, 0.05) is 23.1 Å². The Balaban J connectivity index is 1.90. The van der Waals surface area contributed by atoms with Gasteiger partial charge in [-0.1, -0.05) is 17.8 Å². The van der Waals surface area contributed by atoms with Gasteiger partial charge in [-0.2, -0.15) is 0 Å². The lowest BCUT2D eigenvalue weighted by molar-refractivity contribution is -0.139. The van der Waals surface area contributed by atoms with Gasteiger partial charge in [0.1, 0.15) is 5.75 Å². The Morgan fingerprint density at radius 2 is 1.92 bits per heavy atom. The fourth-order valence-corrected chi connectivity index (χ4v) is 2.64. The van der Waals surface area contributed by atoms with E-state index >= 15 is 0 Å². The quantitative estimate of drug-likeness (QED) is 0.585. The topological polar surface area (TPSA) is 101 Å². The van der Waals surface area contributed by atoms with Gasteiger partial charge >= 0.3 is 5.97 Å². The van der Waals surface area contributed by atoms with Crippen LogP contribution in [0.4, 0.5) is 5.69 Å². The van der Waals surface area contributed by atoms with E-state index in [4.69, 9.17) is 9.84 Å². The van der Waals surface area contributed by atoms with Crippen LogP contribution in [0.2, 0.25) is 0 Å². The molecular formula is C16H17N3O4S. The average molecular weight is 347 g/mol. The molecule has 0 bridgehead atoms. The molecule has 2 aromatic rings. The van der Waals surface area contributed by atoms with Crippen molar-refractivity contribution >= 4 is 29.3 Å². The van der Waals surface area contributed by atoms with Gasteiger partial charge in [-0.3, -0.25) is 4.79 Å². The van der Waals surface area contributed by atoms with E-state index in [9.17, 15) is 9.59 Å². The van der Waals surface area contributed by atoms with E-state index in [1.165, 1.54) is 11.8 Å². The van der Waals surface area contributed by atoms with Crippen LogP contribution < -0.4 is 10.1 Å². The van der Waals surface area contributed by atoms with Crippen LogP contribution in [-0.2, 0) is 9.59 Å². The van der Waals surface area contributed by atoms with Crippen molar-refractivity contribution in [2.24, 2.45) is 0 Å². The van der Waals surface area contributed by atoms with Crippen molar-refractivity contribution in [2.45, 2.75) is 19.0 Å². The van der Waals surface area contributed by atoms with Gasteiger partial charge in [0.15, 0.2) is 11.8 Å². The lowest BCUT2D eigenvalue weighted by Crippen LogP contribution is -2.15. The fraction of sp³-hybridized carbons (Fsp3) is 0.250. The summed E-state index contributed by atoms with van der Waals surface area (Å²) in [5.41, 5.74) is 2.24. The highest BCUT2D eigenvalue weighted by Gasteiger charge is 2.08. The maximum absolute atomic E-state index is 12.0. The monoisotopic (exact) mass is 347 g/mol. The summed E-state index contributed by atoms with van der Waals surface area (Å²) in [4.78, 5) is 31.0. The van der Waals surface area contributed by atoms with E-state index in [-0.39, 0.29) is 11.7 Å². The van der Waals surface area contributed by atoms with Crippen LogP contribution in [0.15, 0.2) is 35.5 Å². The zero-order chi connectivity index (χ0) is 17.5. The number of rotatable bonds is 7. The number of aryl methyl sites for hydroxylation is 2. The summed E-state index contributed by atoms with van der Waals surface area (Å²) < 4.78 is 5.07. The Bertz CT molecular complexity index is 732. The third-order valence-electron chi connectivity index (χ3n) is 2.77. The number of carbonyl (C=O) groups excluding carboxylic acids is 1. The molecule has 1 aromatic carbocycles. The van der Waals surface area contributed by atoms with Crippen molar-refractivity contribution in [1.29, 1.82) is 0 Å². The maximum Gasteiger partial charge on any atom is 0.341 e. The summed E-state index contributed by atoms with van der Waals surface area (Å²) in [6, 6.07) is 8.43. The zero-order valence-corrected chi connectivity index (χ0v) is 14.1. The number of thioether (sulfide) groups is 1. The summed E-state index contributed by atoms with van der Waals surface area (Å²) in [6.07, 6.45) is 0. The molecular weight excluding hydrogens is 330 g/mol. The molecule has 0 spiro atoms. The summed E-state index contributed by atoms with van der Waals surface area (Å²) in [6.45, 7) is 3.32. The molecule has 1 heterocycles. The summed E-state index contributed by atoms with van der Waals surface area (Å²) in [5.74, 6) is -0.726. The number of benzene rings is 1. The number of hydrogen-bond acceptors (Lipinski definition) is 6. The van der Waals surface area contributed by atoms with Crippen LogP contribution in [-0.4, -0.2) is 39.3 Å². The molecule has 24 heavy (non-hydrogen) atoms. The molecule has 1 aromatic heterocycles. The van der Waals surface area contributed by atoms with Crippen molar-refractivity contribution in [2.75, 3.05) is 17.7 Å². The molecule has 0 atom stereocenters. The Labute approximate surface area is 143 Å². The second-order valence-corrected chi connectivity index (χ2v) is 5.92. The summed E-state index contributed by atoms with van der Waals surface area (Å²) in [7, 11) is 0. The SMILES string of the molecule is Cc1cc(C)nc(SCC(=O)Nc2cccc(OCC(=O)O)c2)n1. The third kappa shape index (κ3) is 5.88. The molecule has 0 aliphatic rings. The first-order valence-corrected chi connectivity index (χ1v) is 8.10. The predicted octanol–water partition coefficient (Wildman–Crippen LogP) is 2.29. The van der Waals surface area contributed by atoms with E-state index in [1.807, 2.05) is 19.9 Å². The van der Waals surface area contributed by atoms with E-state index in [2.05, 4.69) is 15.3 Å². The minimum absolute atomic E-state index is 0.170. The number of carboxylic acid groups (broad SMARTS) is 1. The first-order chi connectivity index (χ1) is 11.4. The van der Waals surface area contributed by atoms with Crippen molar-refractivity contribution in [3.63, 3.8) is 0 Å². The van der Waals surface area contributed by atoms with Gasteiger partial charge < -0.3 is 15.2 Å². The third-order valence-corrected chi connectivity index (χ3v) is 3.62. The van der Waals surface area contributed by atoms with Gasteiger partial charge in [-0.05, 0) is 32.0 Å². The lowest BCUT2D eigenvalue weighted by Gasteiger charge is -2.08. The predicted molar refractivity (Wildman–Crippen MR) is 90.4 cm³/mol. The number of ether oxygens (including phenoxy) is 1. The molecule has 8 heteroatoms. The van der Waals surface area contributed by atoms with E-state index in [0.717, 1.165) is 11.4 Å². The fourth-order valence-electron chi connectivity index (χ4n) is 1.89. The van der Waals surface area contributed by atoms with Crippen LogP contribution in [0.1, 0.15) is 11.4 Å². The lowest BCUT2D eigenvalue weighted by atomic mass is 10.3. The number of hydrogen-bond donors (Lipinski definition) is 2. The second kappa shape index (κ2) is 8.30. The van der Waals surface area contributed by atoms with Crippen LogP contribution in [0.25, 0.3) is 0 Å². The smallest absolute Gasteiger partial charge is 0.341 e. The number of carboxylic acids is 1. The molecule has 126 valence electrons. The molecule has 0 unspecified atom stereocenters. The molecule has 2 N–H and O–H groups in total. The van der Waals surface area contributed by atoms with Gasteiger partial charge in [-0.25, -0.2) is 14.8 Å². The minimum atomic E-state index is -1.06. The molecule has 2 rings (SSSR count). The van der Waals surface area contributed by atoms with E-state index in [0.29, 0.717) is 16.6 Å². The van der Waals surface area contributed by atoms with Crippen molar-refractivity contribution in [3.05, 3.63) is 41.7 Å². The number of anilines is 1. The van der Waals surface area contributed by atoms with Crippen LogP contribution in [0, 0.1) is 13.8 Å². The van der Waals surface area contributed by atoms with Gasteiger partial charge in [0.25, 0.3) is 0 Å². The van der Waals surface area contributed by atoms with Crippen molar-refractivity contribution < 1.29 is 19.4 Å². The number of nitrogens with zero attached hydrogens (tertiary/aromatic N) is 2. The Morgan fingerprint density at radius 1 is 1.21 bits per heavy atom. The molecule has 1 amide bonds. The van der Waals surface area contributed by atoms with Crippen molar-refractivity contribution in [3.8, 4) is 5.75 Å². The number of carbonyl (C=O) groups is 2. The van der Waals surface area contributed by atoms with Crippen LogP contribution in [0.5, 0.6) is 5.75 Å². The average Bonchev–Trinajstić information content (AvgIpc) is 2.50. The standard InChI is InChI=1S/C16H17N3O4S/c1-10-6-11(2)18-16(17-10)24-9-14(20)19-12-4-3-5-13(7-12)23-8-15(21)22/h3-7H,8-9H2,1-2H3,(H,19,20)(H,21,22). The van der Waals surface area contributed by atoms with Crippen LogP contribution >= 0.6 is 11.8 Å². The normalized spacial score (nSPS) is 10.2. The summed E-state index contributed by atoms with van der Waals surface area (Å²) in [5, 5.41) is 11.9. The molecule has 0 aliphatic carbocycles. The summed E-state index contributed by atoms with van der Waals surface area (Å²) >= 11 is 1.25. The highest BCUT2D eigenvalue weighted by molar-refractivity contribution is 7.99. The largest absolute Gasteiger partial charge is 0.482 e. The number of nitrogens with one attached hydrogen (secondary N) is 1. The first-order valence-electron chi connectivity index (χ1n) is 7.12. The number of amides is 1. The highest BCUT2D eigenvalue weighted by Crippen LogP contribution is 2.19. The maximum atomic E-state index is 12.0. The molecule has 7 nitrogen and oxygen atoms in total. The zero-order valence-electron chi connectivity index (χ0n) is 13.3. The minimum Gasteiger partial charge on any atom is -0.482 e. The Kier molecular flexibility index (Phi) is 6.14. The van der Waals surface area contributed by atoms with Crippen LogP contribution in [0.3, 0.4) is 0 Å². The first kappa shape index (κ1) is 17.7. The van der Waals surface area contributed by atoms with Crippen molar-refractivity contribution in [1.82, 2.24) is 9.97 Å². The van der Waals surface area contributed by atoms with E-state index < -0.39 is 12.6 Å². The number of aliphatic carboxylic acids is 1. The molecule has 0 saturated heterocycles. The highest BCUT2D eigenvalue weighted by atomic mass is 32.2. The number of aromatic nitrogens is 2. The van der Waals surface area contributed by atoms with Gasteiger partial charge in [0.2, 0.25) is 5.91 Å². The Hall–Kier alpha value is -2.61. The molecule has 0 radical (unpaired) electrons. The van der Waals surface area contributed by atoms with Gasteiger partial charge in [0.05, 0.1) is 5.75 Å². The molecule has 0 aliphatic heterocycles. The molecule has 0 saturated carbocycles. The van der Waals surface area contributed by atoms with E-state index in [1.54, 1.807) is 24.3 Å². The van der Waals surface area contributed by atoms with Gasteiger partial charge in [-0.15, -0.1) is 0 Å². The molecule has 0 fully saturated rings.